The first-order valence-corrected chi connectivity index (χ1v) is 14.5. The Morgan fingerprint density at radius 3 is 2.53 bits per heavy atom. The molecule has 3 aromatic rings. The first kappa shape index (κ1) is 31.3. The standard InChI is InChI=1S/C31H39N5O7/c1-17(2)24-31-36-25(20(5)42-31)29(39)33-19(4)27(37)32-14-10-9-13-23(28(38)35-24)34-30(40)26-18(3)15-22(43-26)16-41-21-11-7-6-8-12-21/h6-8,11-12,15,17,19,23-24H,9-10,13-14,16H2,1-5H3,(H,32,37)(H,33,39)(H,34,40)(H,35,38)/t19-,23+,24+/m1/s1. The highest BCUT2D eigenvalue weighted by molar-refractivity contribution is 5.97. The number of oxazole rings is 1. The molecule has 0 aliphatic carbocycles. The highest BCUT2D eigenvalue weighted by Crippen LogP contribution is 2.24. The summed E-state index contributed by atoms with van der Waals surface area (Å²) in [5.74, 6) is -0.372. The average molecular weight is 594 g/mol. The molecule has 4 amide bonds. The van der Waals surface area contributed by atoms with Crippen LogP contribution < -0.4 is 26.0 Å². The predicted molar refractivity (Wildman–Crippen MR) is 156 cm³/mol. The number of benzene rings is 1. The molecule has 12 heteroatoms. The van der Waals surface area contributed by atoms with E-state index in [0.29, 0.717) is 42.9 Å². The molecule has 43 heavy (non-hydrogen) atoms. The highest BCUT2D eigenvalue weighted by atomic mass is 16.5. The molecule has 0 fully saturated rings. The molecule has 4 rings (SSSR count). The molecule has 0 spiro atoms. The zero-order valence-corrected chi connectivity index (χ0v) is 25.1. The monoisotopic (exact) mass is 593 g/mol. The molecule has 1 aliphatic heterocycles. The number of ether oxygens (including phenoxy) is 1. The van der Waals surface area contributed by atoms with Gasteiger partial charge in [0.05, 0.1) is 0 Å². The van der Waals surface area contributed by atoms with E-state index in [1.165, 1.54) is 0 Å². The molecular weight excluding hydrogens is 554 g/mol. The molecule has 3 heterocycles. The first-order chi connectivity index (χ1) is 20.5. The number of para-hydroxylation sites is 1. The van der Waals surface area contributed by atoms with Gasteiger partial charge >= 0.3 is 0 Å². The third-order valence-corrected chi connectivity index (χ3v) is 7.14. The van der Waals surface area contributed by atoms with Gasteiger partial charge in [0.2, 0.25) is 17.7 Å². The lowest BCUT2D eigenvalue weighted by Crippen LogP contribution is -2.48. The highest BCUT2D eigenvalue weighted by Gasteiger charge is 2.31. The molecule has 0 radical (unpaired) electrons. The van der Waals surface area contributed by atoms with Crippen molar-refractivity contribution in [1.82, 2.24) is 26.3 Å². The van der Waals surface area contributed by atoms with E-state index in [4.69, 9.17) is 13.6 Å². The van der Waals surface area contributed by atoms with Crippen LogP contribution in [0.2, 0.25) is 0 Å². The van der Waals surface area contributed by atoms with Gasteiger partial charge in [0.25, 0.3) is 11.8 Å². The Balaban J connectivity index is 1.53. The first-order valence-electron chi connectivity index (χ1n) is 14.5. The minimum atomic E-state index is -0.913. The van der Waals surface area contributed by atoms with Crippen LogP contribution in [0.3, 0.4) is 0 Å². The summed E-state index contributed by atoms with van der Waals surface area (Å²) in [5.41, 5.74) is 0.641. The van der Waals surface area contributed by atoms with Gasteiger partial charge in [-0.1, -0.05) is 32.0 Å². The third-order valence-electron chi connectivity index (χ3n) is 7.14. The number of nitrogens with one attached hydrogen (secondary N) is 4. The summed E-state index contributed by atoms with van der Waals surface area (Å²) in [6, 6.07) is 8.61. The SMILES string of the molecule is Cc1cc(COc2ccccc2)oc1C(=O)N[C@H]1CCCCNC(=O)[C@@H](C)NC(=O)c2nc(oc2C)[C@H](C(C)C)NC1=O. The number of hydrogen-bond acceptors (Lipinski definition) is 8. The van der Waals surface area contributed by atoms with Crippen molar-refractivity contribution in [3.63, 3.8) is 0 Å². The van der Waals surface area contributed by atoms with Crippen LogP contribution in [0, 0.1) is 19.8 Å². The summed E-state index contributed by atoms with van der Waals surface area (Å²) >= 11 is 0. The fraction of sp³-hybridized carbons (Fsp3) is 0.452. The number of furan rings is 1. The smallest absolute Gasteiger partial charge is 0.287 e. The van der Waals surface area contributed by atoms with Crippen molar-refractivity contribution < 1.29 is 32.7 Å². The van der Waals surface area contributed by atoms with Crippen LogP contribution >= 0.6 is 0 Å². The van der Waals surface area contributed by atoms with E-state index < -0.39 is 35.8 Å². The van der Waals surface area contributed by atoms with Gasteiger partial charge in [0.15, 0.2) is 11.5 Å². The van der Waals surface area contributed by atoms with E-state index in [-0.39, 0.29) is 41.5 Å². The predicted octanol–water partition coefficient (Wildman–Crippen LogP) is 3.49. The van der Waals surface area contributed by atoms with Crippen LogP contribution in [0.25, 0.3) is 0 Å². The minimum Gasteiger partial charge on any atom is -0.486 e. The lowest BCUT2D eigenvalue weighted by atomic mass is 10.0. The lowest BCUT2D eigenvalue weighted by Gasteiger charge is -2.24. The molecule has 1 aromatic carbocycles. The van der Waals surface area contributed by atoms with E-state index in [9.17, 15) is 19.2 Å². The fourth-order valence-electron chi connectivity index (χ4n) is 4.71. The Hall–Kier alpha value is -4.61. The largest absolute Gasteiger partial charge is 0.486 e. The summed E-state index contributed by atoms with van der Waals surface area (Å²) in [6.07, 6.45) is 1.39. The number of carbonyl (C=O) groups excluding carboxylic acids is 4. The van der Waals surface area contributed by atoms with Gasteiger partial charge in [-0.3, -0.25) is 19.2 Å². The van der Waals surface area contributed by atoms with Crippen LogP contribution in [0.1, 0.15) is 90.1 Å². The van der Waals surface area contributed by atoms with Crippen LogP contribution in [0.15, 0.2) is 45.2 Å². The van der Waals surface area contributed by atoms with Crippen molar-refractivity contribution in [2.75, 3.05) is 6.54 Å². The van der Waals surface area contributed by atoms with Crippen LogP contribution in [-0.4, -0.2) is 47.2 Å². The van der Waals surface area contributed by atoms with Gasteiger partial charge in [-0.25, -0.2) is 4.98 Å². The summed E-state index contributed by atoms with van der Waals surface area (Å²) < 4.78 is 17.4. The molecule has 0 saturated carbocycles. The Morgan fingerprint density at radius 2 is 1.81 bits per heavy atom. The second-order valence-corrected chi connectivity index (χ2v) is 11.0. The molecule has 12 nitrogen and oxygen atoms in total. The van der Waals surface area contributed by atoms with Crippen LogP contribution in [0.4, 0.5) is 0 Å². The lowest BCUT2D eigenvalue weighted by molar-refractivity contribution is -0.124. The van der Waals surface area contributed by atoms with E-state index >= 15 is 0 Å². The molecule has 230 valence electrons. The topological polar surface area (TPSA) is 165 Å². The average Bonchev–Trinajstić information content (AvgIpc) is 3.55. The van der Waals surface area contributed by atoms with Crippen molar-refractivity contribution in [3.05, 3.63) is 70.8 Å². The third kappa shape index (κ3) is 8.02. The summed E-state index contributed by atoms with van der Waals surface area (Å²) in [6.45, 7) is 9.17. The maximum atomic E-state index is 13.6. The number of rotatable bonds is 6. The van der Waals surface area contributed by atoms with Crippen LogP contribution in [-0.2, 0) is 16.2 Å². The Labute approximate surface area is 250 Å². The fourth-order valence-corrected chi connectivity index (χ4v) is 4.71. The maximum Gasteiger partial charge on any atom is 0.287 e. The van der Waals surface area contributed by atoms with Crippen LogP contribution in [0.5, 0.6) is 5.75 Å². The number of aromatic nitrogens is 1. The van der Waals surface area contributed by atoms with Gasteiger partial charge in [-0.2, -0.15) is 0 Å². The van der Waals surface area contributed by atoms with Crippen molar-refractivity contribution in [2.24, 2.45) is 5.92 Å². The Morgan fingerprint density at radius 1 is 1.07 bits per heavy atom. The number of hydrogen-bond donors (Lipinski definition) is 4. The molecule has 2 aromatic heterocycles. The number of aryl methyl sites for hydroxylation is 2. The normalized spacial score (nSPS) is 20.2. The zero-order chi connectivity index (χ0) is 31.1. The molecule has 0 unspecified atom stereocenters. The van der Waals surface area contributed by atoms with E-state index in [1.54, 1.807) is 26.8 Å². The molecule has 1 aliphatic rings. The van der Waals surface area contributed by atoms with Crippen molar-refractivity contribution in [3.8, 4) is 5.75 Å². The Bertz CT molecular complexity index is 1450. The second-order valence-electron chi connectivity index (χ2n) is 11.0. The van der Waals surface area contributed by atoms with Gasteiger partial charge in [-0.15, -0.1) is 0 Å². The van der Waals surface area contributed by atoms with E-state index in [2.05, 4.69) is 26.3 Å². The number of carbonyl (C=O) groups is 4. The van der Waals surface area contributed by atoms with Gasteiger partial charge < -0.3 is 34.8 Å². The minimum absolute atomic E-state index is 0.0341. The van der Waals surface area contributed by atoms with Crippen molar-refractivity contribution in [2.45, 2.75) is 78.6 Å². The van der Waals surface area contributed by atoms with E-state index in [0.717, 1.165) is 0 Å². The van der Waals surface area contributed by atoms with Crippen molar-refractivity contribution >= 4 is 23.6 Å². The molecule has 3 atom stereocenters. The second kappa shape index (κ2) is 14.0. The Kier molecular flexibility index (Phi) is 10.2. The quantitative estimate of drug-likeness (QED) is 0.337. The zero-order valence-electron chi connectivity index (χ0n) is 25.1. The number of amides is 4. The molecular formula is C31H39N5O7. The van der Waals surface area contributed by atoms with E-state index in [1.807, 2.05) is 44.2 Å². The van der Waals surface area contributed by atoms with Gasteiger partial charge in [0.1, 0.15) is 42.0 Å². The van der Waals surface area contributed by atoms with Gasteiger partial charge in [0, 0.05) is 12.1 Å². The molecule has 4 N–H and O–H groups in total. The summed E-state index contributed by atoms with van der Waals surface area (Å²) in [7, 11) is 0. The maximum absolute atomic E-state index is 13.6. The molecule has 0 saturated heterocycles. The van der Waals surface area contributed by atoms with Gasteiger partial charge in [-0.05, 0) is 64.2 Å². The summed E-state index contributed by atoms with van der Waals surface area (Å²) in [4.78, 5) is 56.7. The number of nitrogens with zero attached hydrogens (tertiary/aromatic N) is 1. The molecule has 2 bridgehead atoms. The van der Waals surface area contributed by atoms with Crippen molar-refractivity contribution in [1.29, 1.82) is 0 Å². The summed E-state index contributed by atoms with van der Waals surface area (Å²) in [5, 5.41) is 11.2. The number of fused-ring (bicyclic) bond motifs is 2.